The van der Waals surface area contributed by atoms with Gasteiger partial charge in [-0.1, -0.05) is 6.42 Å². The van der Waals surface area contributed by atoms with Crippen LogP contribution in [0, 0.1) is 5.82 Å². The van der Waals surface area contributed by atoms with Crippen molar-refractivity contribution in [2.24, 2.45) is 5.73 Å². The SMILES string of the molecule is CC(N)C1CCCCN1S(=O)(=O)c1ccc(C(F)(F)F)c(F)c1. The van der Waals surface area contributed by atoms with E-state index in [1.54, 1.807) is 6.92 Å². The van der Waals surface area contributed by atoms with Crippen LogP contribution in [-0.4, -0.2) is 31.4 Å². The van der Waals surface area contributed by atoms with Crippen LogP contribution in [0.4, 0.5) is 17.6 Å². The van der Waals surface area contributed by atoms with Crippen LogP contribution in [0.1, 0.15) is 31.7 Å². The highest BCUT2D eigenvalue weighted by atomic mass is 32.2. The van der Waals surface area contributed by atoms with E-state index in [1.165, 1.54) is 4.31 Å². The third-order valence-electron chi connectivity index (χ3n) is 3.96. The minimum Gasteiger partial charge on any atom is -0.326 e. The van der Waals surface area contributed by atoms with Crippen LogP contribution in [0.15, 0.2) is 23.1 Å². The molecule has 1 aromatic carbocycles. The van der Waals surface area contributed by atoms with Gasteiger partial charge in [0.15, 0.2) is 0 Å². The van der Waals surface area contributed by atoms with E-state index in [0.717, 1.165) is 12.5 Å². The first-order valence-electron chi connectivity index (χ1n) is 7.19. The molecule has 2 N–H and O–H groups in total. The maximum atomic E-state index is 13.7. The van der Waals surface area contributed by atoms with E-state index in [1.807, 2.05) is 0 Å². The van der Waals surface area contributed by atoms with E-state index < -0.39 is 44.6 Å². The van der Waals surface area contributed by atoms with Crippen molar-refractivity contribution < 1.29 is 26.0 Å². The Morgan fingerprint density at radius 1 is 1.30 bits per heavy atom. The second-order valence-electron chi connectivity index (χ2n) is 5.68. The third-order valence-corrected chi connectivity index (χ3v) is 5.88. The summed E-state index contributed by atoms with van der Waals surface area (Å²) in [7, 11) is -4.09. The number of halogens is 4. The highest BCUT2D eigenvalue weighted by Crippen LogP contribution is 2.33. The lowest BCUT2D eigenvalue weighted by atomic mass is 10.00. The van der Waals surface area contributed by atoms with Gasteiger partial charge in [0.2, 0.25) is 10.0 Å². The molecule has 1 heterocycles. The molecule has 130 valence electrons. The third kappa shape index (κ3) is 3.67. The van der Waals surface area contributed by atoms with Gasteiger partial charge in [0, 0.05) is 18.6 Å². The molecule has 2 rings (SSSR count). The monoisotopic (exact) mass is 354 g/mol. The normalized spacial score (nSPS) is 22.1. The van der Waals surface area contributed by atoms with E-state index in [0.29, 0.717) is 25.0 Å². The minimum atomic E-state index is -4.87. The number of benzene rings is 1. The lowest BCUT2D eigenvalue weighted by molar-refractivity contribution is -0.140. The Morgan fingerprint density at radius 3 is 2.48 bits per heavy atom. The Hall–Kier alpha value is -1.19. The molecule has 0 bridgehead atoms. The zero-order chi connectivity index (χ0) is 17.4. The number of nitrogens with two attached hydrogens (primary N) is 1. The molecule has 0 spiro atoms. The molecule has 1 aliphatic heterocycles. The van der Waals surface area contributed by atoms with Gasteiger partial charge in [-0.25, -0.2) is 12.8 Å². The number of alkyl halides is 3. The van der Waals surface area contributed by atoms with Crippen molar-refractivity contribution in [1.82, 2.24) is 4.31 Å². The molecule has 23 heavy (non-hydrogen) atoms. The van der Waals surface area contributed by atoms with E-state index in [9.17, 15) is 26.0 Å². The van der Waals surface area contributed by atoms with Crippen LogP contribution in [0.2, 0.25) is 0 Å². The largest absolute Gasteiger partial charge is 0.419 e. The molecule has 1 aromatic rings. The molecule has 0 aliphatic carbocycles. The number of hydrogen-bond donors (Lipinski definition) is 1. The molecule has 0 amide bonds. The Morgan fingerprint density at radius 2 is 1.96 bits per heavy atom. The van der Waals surface area contributed by atoms with Crippen molar-refractivity contribution in [1.29, 1.82) is 0 Å². The lowest BCUT2D eigenvalue weighted by Crippen LogP contribution is -2.51. The molecular formula is C14H18F4N2O2S. The number of sulfonamides is 1. The molecule has 1 aliphatic rings. The zero-order valence-corrected chi connectivity index (χ0v) is 13.3. The van der Waals surface area contributed by atoms with Crippen molar-refractivity contribution in [3.8, 4) is 0 Å². The highest BCUT2D eigenvalue weighted by molar-refractivity contribution is 7.89. The van der Waals surface area contributed by atoms with E-state index in [4.69, 9.17) is 5.73 Å². The quantitative estimate of drug-likeness (QED) is 0.849. The second-order valence-corrected chi connectivity index (χ2v) is 7.57. The van der Waals surface area contributed by atoms with Gasteiger partial charge in [-0.2, -0.15) is 17.5 Å². The topological polar surface area (TPSA) is 63.4 Å². The summed E-state index contributed by atoms with van der Waals surface area (Å²) in [5, 5.41) is 0. The van der Waals surface area contributed by atoms with Gasteiger partial charge < -0.3 is 5.73 Å². The Balaban J connectivity index is 2.41. The van der Waals surface area contributed by atoms with Gasteiger partial charge in [-0.3, -0.25) is 0 Å². The second kappa shape index (κ2) is 6.37. The standard InChI is InChI=1S/C14H18F4N2O2S/c1-9(19)13-4-2-3-7-20(13)23(21,22)10-5-6-11(12(15)8-10)14(16,17)18/h5-6,8-9,13H,2-4,7,19H2,1H3. The molecule has 2 atom stereocenters. The van der Waals surface area contributed by atoms with Gasteiger partial charge in [-0.15, -0.1) is 0 Å². The van der Waals surface area contributed by atoms with Gasteiger partial charge in [0.1, 0.15) is 5.82 Å². The predicted octanol–water partition coefficient (Wildman–Crippen LogP) is 2.73. The zero-order valence-electron chi connectivity index (χ0n) is 12.5. The molecule has 2 unspecified atom stereocenters. The first kappa shape index (κ1) is 18.2. The minimum absolute atomic E-state index is 0.219. The van der Waals surface area contributed by atoms with Crippen LogP contribution < -0.4 is 5.73 Å². The van der Waals surface area contributed by atoms with Crippen LogP contribution in [0.5, 0.6) is 0 Å². The fraction of sp³-hybridized carbons (Fsp3) is 0.571. The summed E-state index contributed by atoms with van der Waals surface area (Å²) in [6.07, 6.45) is -2.85. The summed E-state index contributed by atoms with van der Waals surface area (Å²) in [6, 6.07) is 0.787. The summed E-state index contributed by atoms with van der Waals surface area (Å²) >= 11 is 0. The lowest BCUT2D eigenvalue weighted by Gasteiger charge is -2.36. The first-order valence-corrected chi connectivity index (χ1v) is 8.63. The molecule has 4 nitrogen and oxygen atoms in total. The van der Waals surface area contributed by atoms with Crippen molar-refractivity contribution >= 4 is 10.0 Å². The van der Waals surface area contributed by atoms with Gasteiger partial charge in [0.25, 0.3) is 0 Å². The van der Waals surface area contributed by atoms with E-state index in [2.05, 4.69) is 0 Å². The number of rotatable bonds is 3. The summed E-state index contributed by atoms with van der Waals surface area (Å²) in [5.41, 5.74) is 4.33. The van der Waals surface area contributed by atoms with Crippen molar-refractivity contribution in [3.05, 3.63) is 29.6 Å². The summed E-state index contributed by atoms with van der Waals surface area (Å²) < 4.78 is 77.9. The van der Waals surface area contributed by atoms with E-state index in [-0.39, 0.29) is 6.54 Å². The Bertz CT molecular complexity index is 674. The summed E-state index contributed by atoms with van der Waals surface area (Å²) in [5.74, 6) is -1.60. The molecule has 1 fully saturated rings. The first-order chi connectivity index (χ1) is 10.5. The summed E-state index contributed by atoms with van der Waals surface area (Å²) in [6.45, 7) is 1.89. The van der Waals surface area contributed by atoms with Crippen molar-refractivity contribution in [3.63, 3.8) is 0 Å². The van der Waals surface area contributed by atoms with Crippen LogP contribution in [0.25, 0.3) is 0 Å². The van der Waals surface area contributed by atoms with Crippen LogP contribution >= 0.6 is 0 Å². The fourth-order valence-corrected chi connectivity index (χ4v) is 4.56. The van der Waals surface area contributed by atoms with Crippen LogP contribution in [-0.2, 0) is 16.2 Å². The smallest absolute Gasteiger partial charge is 0.326 e. The van der Waals surface area contributed by atoms with Gasteiger partial charge in [0.05, 0.1) is 10.5 Å². The van der Waals surface area contributed by atoms with Crippen molar-refractivity contribution in [2.75, 3.05) is 6.54 Å². The average molecular weight is 354 g/mol. The van der Waals surface area contributed by atoms with Gasteiger partial charge >= 0.3 is 6.18 Å². The molecule has 0 aromatic heterocycles. The molecule has 1 saturated heterocycles. The molecule has 0 saturated carbocycles. The number of hydrogen-bond acceptors (Lipinski definition) is 3. The summed E-state index contributed by atoms with van der Waals surface area (Å²) in [4.78, 5) is -0.490. The van der Waals surface area contributed by atoms with Gasteiger partial charge in [-0.05, 0) is 38.0 Å². The van der Waals surface area contributed by atoms with E-state index >= 15 is 0 Å². The maximum Gasteiger partial charge on any atom is 0.419 e. The van der Waals surface area contributed by atoms with Crippen LogP contribution in [0.3, 0.4) is 0 Å². The molecule has 0 radical (unpaired) electrons. The molecular weight excluding hydrogens is 336 g/mol. The Kier molecular flexibility index (Phi) is 5.03. The highest BCUT2D eigenvalue weighted by Gasteiger charge is 2.38. The molecule has 9 heteroatoms. The fourth-order valence-electron chi connectivity index (χ4n) is 2.78. The number of nitrogens with zero attached hydrogens (tertiary/aromatic N) is 1. The maximum absolute atomic E-state index is 13.7. The number of piperidine rings is 1. The Labute approximate surface area is 132 Å². The van der Waals surface area contributed by atoms with Crippen molar-refractivity contribution in [2.45, 2.75) is 49.3 Å². The predicted molar refractivity (Wildman–Crippen MR) is 76.6 cm³/mol. The average Bonchev–Trinajstić information content (AvgIpc) is 2.45.